The van der Waals surface area contributed by atoms with E-state index in [1.165, 1.54) is 6.42 Å². The van der Waals surface area contributed by atoms with Crippen LogP contribution in [0.3, 0.4) is 0 Å². The number of fused-ring (bicyclic) bond motifs is 2. The lowest BCUT2D eigenvalue weighted by molar-refractivity contribution is -0.176. The normalized spacial score (nSPS) is 46.4. The Labute approximate surface area is 103 Å². The van der Waals surface area contributed by atoms with E-state index in [1.807, 2.05) is 0 Å². The van der Waals surface area contributed by atoms with E-state index in [9.17, 15) is 5.11 Å². The third kappa shape index (κ3) is 2.42. The predicted molar refractivity (Wildman–Crippen MR) is 66.2 cm³/mol. The average Bonchev–Trinajstić information content (AvgIpc) is 2.94. The molecule has 2 saturated carbocycles. The van der Waals surface area contributed by atoms with Crippen LogP contribution >= 0.6 is 0 Å². The second-order valence-corrected chi connectivity index (χ2v) is 6.01. The van der Waals surface area contributed by atoms with E-state index in [-0.39, 0.29) is 6.10 Å². The first kappa shape index (κ1) is 11.7. The quantitative estimate of drug-likeness (QED) is 0.581. The Morgan fingerprint density at radius 3 is 2.47 bits per heavy atom. The molecule has 17 heavy (non-hydrogen) atoms. The highest BCUT2D eigenvalue weighted by molar-refractivity contribution is 5.10. The number of aliphatic hydroxyl groups is 1. The van der Waals surface area contributed by atoms with Crippen molar-refractivity contribution in [2.24, 2.45) is 23.5 Å². The zero-order chi connectivity index (χ0) is 11.8. The standard InChI is InChI=1S/C14H23NO2/c15-11-3-5-12(6-4-11)17-14(16)13-8-9-1-2-10(13)7-9/h1-2,9-14,16H,3-8,15H2. The van der Waals surface area contributed by atoms with Crippen molar-refractivity contribution in [1.82, 2.24) is 0 Å². The van der Waals surface area contributed by atoms with Gasteiger partial charge in [0.1, 0.15) is 0 Å². The molecule has 0 amide bonds. The van der Waals surface area contributed by atoms with Gasteiger partial charge in [-0.15, -0.1) is 0 Å². The summed E-state index contributed by atoms with van der Waals surface area (Å²) in [6.07, 6.45) is 10.7. The number of hydrogen-bond acceptors (Lipinski definition) is 3. The van der Waals surface area contributed by atoms with Crippen molar-refractivity contribution in [2.45, 2.75) is 57.0 Å². The summed E-state index contributed by atoms with van der Waals surface area (Å²) in [5.41, 5.74) is 5.87. The van der Waals surface area contributed by atoms with Gasteiger partial charge in [0, 0.05) is 12.0 Å². The number of rotatable bonds is 3. The van der Waals surface area contributed by atoms with Crippen LogP contribution in [-0.4, -0.2) is 23.5 Å². The molecule has 0 spiro atoms. The lowest BCUT2D eigenvalue weighted by atomic mass is 9.91. The van der Waals surface area contributed by atoms with Gasteiger partial charge in [-0.05, 0) is 50.4 Å². The second-order valence-electron chi connectivity index (χ2n) is 6.01. The molecular formula is C14H23NO2. The summed E-state index contributed by atoms with van der Waals surface area (Å²) in [6.45, 7) is 0. The van der Waals surface area contributed by atoms with Crippen molar-refractivity contribution >= 4 is 0 Å². The number of nitrogens with two attached hydrogens (primary N) is 1. The zero-order valence-electron chi connectivity index (χ0n) is 10.3. The summed E-state index contributed by atoms with van der Waals surface area (Å²) in [4.78, 5) is 0. The van der Waals surface area contributed by atoms with Crippen LogP contribution in [0.4, 0.5) is 0 Å². The van der Waals surface area contributed by atoms with Crippen LogP contribution in [0.2, 0.25) is 0 Å². The van der Waals surface area contributed by atoms with Gasteiger partial charge in [-0.2, -0.15) is 0 Å². The summed E-state index contributed by atoms with van der Waals surface area (Å²) in [5.74, 6) is 1.59. The Kier molecular flexibility index (Phi) is 3.24. The van der Waals surface area contributed by atoms with Crippen molar-refractivity contribution in [3.05, 3.63) is 12.2 Å². The molecule has 3 aliphatic rings. The van der Waals surface area contributed by atoms with Crippen LogP contribution < -0.4 is 5.73 Å². The topological polar surface area (TPSA) is 55.5 Å². The van der Waals surface area contributed by atoms with Gasteiger partial charge in [-0.1, -0.05) is 12.2 Å². The van der Waals surface area contributed by atoms with Gasteiger partial charge in [0.2, 0.25) is 0 Å². The Balaban J connectivity index is 1.50. The summed E-state index contributed by atoms with van der Waals surface area (Å²) in [6, 6.07) is 0.345. The molecule has 3 heteroatoms. The fourth-order valence-electron chi connectivity index (χ4n) is 3.67. The van der Waals surface area contributed by atoms with Gasteiger partial charge in [0.15, 0.2) is 6.29 Å². The molecule has 96 valence electrons. The molecule has 0 aromatic rings. The van der Waals surface area contributed by atoms with Crippen molar-refractivity contribution in [1.29, 1.82) is 0 Å². The molecule has 3 aliphatic carbocycles. The number of aliphatic hydroxyl groups excluding tert-OH is 1. The molecule has 4 unspecified atom stereocenters. The van der Waals surface area contributed by atoms with Gasteiger partial charge in [-0.3, -0.25) is 0 Å². The lowest BCUT2D eigenvalue weighted by Crippen LogP contribution is -2.35. The Hall–Kier alpha value is -0.380. The highest BCUT2D eigenvalue weighted by Gasteiger charge is 2.40. The van der Waals surface area contributed by atoms with E-state index < -0.39 is 6.29 Å². The number of ether oxygens (including phenoxy) is 1. The predicted octanol–water partition coefficient (Wildman–Crippen LogP) is 1.80. The maximum absolute atomic E-state index is 10.2. The molecule has 0 radical (unpaired) electrons. The second kappa shape index (κ2) is 4.71. The SMILES string of the molecule is NC1CCC(OC(O)C2CC3C=CC2C3)CC1. The van der Waals surface area contributed by atoms with Crippen LogP contribution in [-0.2, 0) is 4.74 Å². The van der Waals surface area contributed by atoms with E-state index >= 15 is 0 Å². The molecule has 0 saturated heterocycles. The van der Waals surface area contributed by atoms with Gasteiger partial charge >= 0.3 is 0 Å². The van der Waals surface area contributed by atoms with Gasteiger partial charge in [0.25, 0.3) is 0 Å². The Bertz CT molecular complexity index is 297. The molecule has 4 atom stereocenters. The van der Waals surface area contributed by atoms with Crippen molar-refractivity contribution in [3.8, 4) is 0 Å². The first-order chi connectivity index (χ1) is 8.22. The minimum atomic E-state index is -0.561. The van der Waals surface area contributed by atoms with E-state index in [2.05, 4.69) is 12.2 Å². The number of allylic oxidation sites excluding steroid dienone is 2. The monoisotopic (exact) mass is 237 g/mol. The van der Waals surface area contributed by atoms with E-state index in [0.29, 0.717) is 23.8 Å². The van der Waals surface area contributed by atoms with Crippen LogP contribution in [0.5, 0.6) is 0 Å². The van der Waals surface area contributed by atoms with E-state index in [0.717, 1.165) is 32.1 Å². The smallest absolute Gasteiger partial charge is 0.158 e. The van der Waals surface area contributed by atoms with Crippen LogP contribution in [0, 0.1) is 17.8 Å². The van der Waals surface area contributed by atoms with Gasteiger partial charge < -0.3 is 15.6 Å². The summed E-state index contributed by atoms with van der Waals surface area (Å²) < 4.78 is 5.84. The van der Waals surface area contributed by atoms with Gasteiger partial charge in [0.05, 0.1) is 6.10 Å². The Morgan fingerprint density at radius 1 is 1.12 bits per heavy atom. The van der Waals surface area contributed by atoms with Crippen LogP contribution in [0.15, 0.2) is 12.2 Å². The number of hydrogen-bond donors (Lipinski definition) is 2. The molecular weight excluding hydrogens is 214 g/mol. The average molecular weight is 237 g/mol. The Morgan fingerprint density at radius 2 is 1.88 bits per heavy atom. The molecule has 2 bridgehead atoms. The molecule has 3 N–H and O–H groups in total. The minimum absolute atomic E-state index is 0.230. The highest BCUT2D eigenvalue weighted by atomic mass is 16.6. The fraction of sp³-hybridized carbons (Fsp3) is 0.857. The summed E-state index contributed by atoms with van der Waals surface area (Å²) >= 11 is 0. The maximum atomic E-state index is 10.2. The first-order valence-corrected chi connectivity index (χ1v) is 7.00. The summed E-state index contributed by atoms with van der Waals surface area (Å²) in [5, 5.41) is 10.2. The third-order valence-corrected chi connectivity index (χ3v) is 4.75. The third-order valence-electron chi connectivity index (χ3n) is 4.75. The van der Waals surface area contributed by atoms with Crippen molar-refractivity contribution in [2.75, 3.05) is 0 Å². The zero-order valence-corrected chi connectivity index (χ0v) is 10.3. The molecule has 0 aliphatic heterocycles. The minimum Gasteiger partial charge on any atom is -0.368 e. The molecule has 3 rings (SSSR count). The van der Waals surface area contributed by atoms with Crippen molar-refractivity contribution < 1.29 is 9.84 Å². The van der Waals surface area contributed by atoms with Crippen molar-refractivity contribution in [3.63, 3.8) is 0 Å². The maximum Gasteiger partial charge on any atom is 0.158 e. The molecule has 0 aromatic carbocycles. The van der Waals surface area contributed by atoms with E-state index in [4.69, 9.17) is 10.5 Å². The highest BCUT2D eigenvalue weighted by Crippen LogP contribution is 2.45. The molecule has 0 heterocycles. The molecule has 2 fully saturated rings. The largest absolute Gasteiger partial charge is 0.368 e. The van der Waals surface area contributed by atoms with Crippen LogP contribution in [0.1, 0.15) is 38.5 Å². The molecule has 0 aromatic heterocycles. The first-order valence-electron chi connectivity index (χ1n) is 7.00. The lowest BCUT2D eigenvalue weighted by Gasteiger charge is -2.31. The van der Waals surface area contributed by atoms with E-state index in [1.54, 1.807) is 0 Å². The summed E-state index contributed by atoms with van der Waals surface area (Å²) in [7, 11) is 0. The fourth-order valence-corrected chi connectivity index (χ4v) is 3.67. The van der Waals surface area contributed by atoms with Crippen LogP contribution in [0.25, 0.3) is 0 Å². The molecule has 3 nitrogen and oxygen atoms in total. The van der Waals surface area contributed by atoms with Gasteiger partial charge in [-0.25, -0.2) is 0 Å².